The Balaban J connectivity index is 3.71. The number of carbonyl (C=O) groups is 4. The van der Waals surface area contributed by atoms with Gasteiger partial charge in [-0.1, -0.05) is 23.2 Å². The van der Waals surface area contributed by atoms with Crippen molar-refractivity contribution < 1.29 is 39.6 Å². The van der Waals surface area contributed by atoms with E-state index in [1.807, 2.05) is 0 Å². The molecule has 0 aromatic heterocycles. The van der Waals surface area contributed by atoms with Crippen LogP contribution in [0.5, 0.6) is 0 Å². The van der Waals surface area contributed by atoms with Crippen molar-refractivity contribution >= 4 is 47.1 Å². The third-order valence-corrected chi connectivity index (χ3v) is 3.50. The highest BCUT2D eigenvalue weighted by molar-refractivity contribution is 6.45. The average Bonchev–Trinajstić information content (AvgIpc) is 2.30. The number of carboxylic acids is 4. The van der Waals surface area contributed by atoms with Gasteiger partial charge in [-0.15, -0.1) is 0 Å². The van der Waals surface area contributed by atoms with Crippen LogP contribution in [0.3, 0.4) is 0 Å². The SMILES string of the molecule is O=C(O)C1=CC(Cl)(C(=O)O)C(C(=O)O)=CC1(Cl)C(=O)O. The zero-order chi connectivity index (χ0) is 15.9. The van der Waals surface area contributed by atoms with Gasteiger partial charge in [0.15, 0.2) is 9.75 Å². The van der Waals surface area contributed by atoms with Crippen molar-refractivity contribution in [2.75, 3.05) is 0 Å². The summed E-state index contributed by atoms with van der Waals surface area (Å²) >= 11 is 11.2. The summed E-state index contributed by atoms with van der Waals surface area (Å²) in [6, 6.07) is 0. The van der Waals surface area contributed by atoms with E-state index in [-0.39, 0.29) is 0 Å². The first-order valence-electron chi connectivity index (χ1n) is 4.74. The molecule has 0 saturated heterocycles. The van der Waals surface area contributed by atoms with Gasteiger partial charge in [0.1, 0.15) is 0 Å². The first-order valence-corrected chi connectivity index (χ1v) is 5.50. The first kappa shape index (κ1) is 16.0. The van der Waals surface area contributed by atoms with Gasteiger partial charge in [0.2, 0.25) is 0 Å². The van der Waals surface area contributed by atoms with Crippen LogP contribution in [0, 0.1) is 0 Å². The molecule has 0 spiro atoms. The van der Waals surface area contributed by atoms with Crippen LogP contribution in [-0.4, -0.2) is 54.1 Å². The lowest BCUT2D eigenvalue weighted by atomic mass is 9.81. The summed E-state index contributed by atoms with van der Waals surface area (Å²) in [6.07, 6.45) is 0.591. The van der Waals surface area contributed by atoms with Gasteiger partial charge in [-0.05, 0) is 12.2 Å². The van der Waals surface area contributed by atoms with Crippen molar-refractivity contribution in [3.05, 3.63) is 23.3 Å². The molecule has 0 aliphatic heterocycles. The Morgan fingerprint density at radius 2 is 1.00 bits per heavy atom. The Morgan fingerprint density at radius 3 is 1.15 bits per heavy atom. The van der Waals surface area contributed by atoms with Gasteiger partial charge in [0, 0.05) is 0 Å². The summed E-state index contributed by atoms with van der Waals surface area (Å²) in [4.78, 5) is 38.7. The second kappa shape index (κ2) is 4.80. The second-order valence-corrected chi connectivity index (χ2v) is 4.95. The summed E-state index contributed by atoms with van der Waals surface area (Å²) in [5.74, 6) is -7.44. The molecule has 0 heterocycles. The maximum absolute atomic E-state index is 11.1. The highest BCUT2D eigenvalue weighted by atomic mass is 35.5. The zero-order valence-electron chi connectivity index (χ0n) is 9.33. The molecule has 20 heavy (non-hydrogen) atoms. The van der Waals surface area contributed by atoms with Crippen molar-refractivity contribution in [2.45, 2.75) is 9.75 Å². The summed E-state index contributed by atoms with van der Waals surface area (Å²) in [6.45, 7) is 0. The van der Waals surface area contributed by atoms with Crippen LogP contribution in [0.2, 0.25) is 0 Å². The average molecular weight is 325 g/mol. The summed E-state index contributed by atoms with van der Waals surface area (Å²) in [7, 11) is 0. The van der Waals surface area contributed by atoms with E-state index in [9.17, 15) is 19.2 Å². The van der Waals surface area contributed by atoms with Gasteiger partial charge < -0.3 is 20.4 Å². The number of aliphatic carboxylic acids is 4. The molecule has 0 amide bonds. The molecular formula is C10H6Cl2O8. The van der Waals surface area contributed by atoms with Crippen molar-refractivity contribution in [3.63, 3.8) is 0 Å². The van der Waals surface area contributed by atoms with Crippen LogP contribution in [0.1, 0.15) is 0 Å². The highest BCUT2D eigenvalue weighted by Gasteiger charge is 2.54. The van der Waals surface area contributed by atoms with E-state index in [1.165, 1.54) is 0 Å². The minimum absolute atomic E-state index is 0.295. The fourth-order valence-electron chi connectivity index (χ4n) is 1.55. The van der Waals surface area contributed by atoms with Crippen LogP contribution in [0.15, 0.2) is 23.3 Å². The van der Waals surface area contributed by atoms with Crippen LogP contribution >= 0.6 is 23.2 Å². The molecule has 0 fully saturated rings. The van der Waals surface area contributed by atoms with E-state index in [4.69, 9.17) is 43.6 Å². The quantitative estimate of drug-likeness (QED) is 0.533. The lowest BCUT2D eigenvalue weighted by Crippen LogP contribution is -2.47. The van der Waals surface area contributed by atoms with Crippen molar-refractivity contribution in [3.8, 4) is 0 Å². The molecule has 4 N–H and O–H groups in total. The van der Waals surface area contributed by atoms with E-state index in [2.05, 4.69) is 0 Å². The number of rotatable bonds is 4. The Hall–Kier alpha value is -2.06. The molecular weight excluding hydrogens is 319 g/mol. The predicted octanol–water partition coefficient (Wildman–Crippen LogP) is 0.146. The number of carboxylic acid groups (broad SMARTS) is 4. The van der Waals surface area contributed by atoms with Gasteiger partial charge in [-0.3, -0.25) is 0 Å². The first-order chi connectivity index (χ1) is 8.96. The smallest absolute Gasteiger partial charge is 0.334 e. The summed E-state index contributed by atoms with van der Waals surface area (Å²) < 4.78 is 0. The van der Waals surface area contributed by atoms with E-state index in [1.54, 1.807) is 0 Å². The van der Waals surface area contributed by atoms with Gasteiger partial charge in [0.05, 0.1) is 11.1 Å². The lowest BCUT2D eigenvalue weighted by Gasteiger charge is -2.30. The van der Waals surface area contributed by atoms with E-state index in [0.29, 0.717) is 12.2 Å². The Labute approximate surface area is 120 Å². The van der Waals surface area contributed by atoms with Crippen LogP contribution < -0.4 is 0 Å². The minimum Gasteiger partial charge on any atom is -0.479 e. The molecule has 1 rings (SSSR count). The van der Waals surface area contributed by atoms with E-state index >= 15 is 0 Å². The molecule has 2 atom stereocenters. The summed E-state index contributed by atoms with van der Waals surface area (Å²) in [5, 5.41) is 35.8. The van der Waals surface area contributed by atoms with Gasteiger partial charge >= 0.3 is 23.9 Å². The maximum atomic E-state index is 11.1. The third-order valence-electron chi connectivity index (χ3n) is 2.55. The van der Waals surface area contributed by atoms with Gasteiger partial charge in [0.25, 0.3) is 0 Å². The Kier molecular flexibility index (Phi) is 3.84. The molecule has 1 aliphatic carbocycles. The van der Waals surface area contributed by atoms with Crippen molar-refractivity contribution in [1.29, 1.82) is 0 Å². The molecule has 0 bridgehead atoms. The third kappa shape index (κ3) is 2.23. The molecule has 0 radical (unpaired) electrons. The van der Waals surface area contributed by atoms with E-state index in [0.717, 1.165) is 0 Å². The molecule has 0 aromatic carbocycles. The molecule has 1 aliphatic rings. The second-order valence-electron chi connectivity index (χ2n) is 3.76. The summed E-state index contributed by atoms with van der Waals surface area (Å²) in [5.41, 5.74) is -2.12. The molecule has 0 saturated carbocycles. The fourth-order valence-corrected chi connectivity index (χ4v) is 2.04. The van der Waals surface area contributed by atoms with E-state index < -0.39 is 44.8 Å². The molecule has 0 aromatic rings. The molecule has 2 unspecified atom stereocenters. The van der Waals surface area contributed by atoms with Crippen LogP contribution in [0.25, 0.3) is 0 Å². The highest BCUT2D eigenvalue weighted by Crippen LogP contribution is 2.42. The minimum atomic E-state index is -2.73. The van der Waals surface area contributed by atoms with Crippen molar-refractivity contribution in [1.82, 2.24) is 0 Å². The largest absolute Gasteiger partial charge is 0.479 e. The number of hydrogen-bond donors (Lipinski definition) is 4. The lowest BCUT2D eigenvalue weighted by molar-refractivity contribution is -0.143. The Morgan fingerprint density at radius 1 is 0.750 bits per heavy atom. The normalized spacial score (nSPS) is 29.1. The monoisotopic (exact) mass is 324 g/mol. The number of halogens is 2. The van der Waals surface area contributed by atoms with Gasteiger partial charge in [-0.2, -0.15) is 0 Å². The van der Waals surface area contributed by atoms with Gasteiger partial charge in [-0.25, -0.2) is 19.2 Å². The topological polar surface area (TPSA) is 149 Å². The maximum Gasteiger partial charge on any atom is 0.334 e. The molecule has 8 nitrogen and oxygen atoms in total. The van der Waals surface area contributed by atoms with Crippen LogP contribution in [0.4, 0.5) is 0 Å². The Bertz CT molecular complexity index is 540. The number of alkyl halides is 2. The predicted molar refractivity (Wildman–Crippen MR) is 63.9 cm³/mol. The standard InChI is InChI=1S/C10H6Cl2O8/c11-9(7(17)18)1-3(5(13)14)10(12,8(19)20)2-4(9)6(15)16/h1-2H,(H,13,14)(H,15,16)(H,17,18)(H,19,20). The fraction of sp³-hybridized carbons (Fsp3) is 0.200. The van der Waals surface area contributed by atoms with Crippen LogP contribution in [-0.2, 0) is 19.2 Å². The zero-order valence-corrected chi connectivity index (χ0v) is 10.8. The molecule has 10 heteroatoms. The molecule has 108 valence electrons. The number of hydrogen-bond acceptors (Lipinski definition) is 4. The van der Waals surface area contributed by atoms with Crippen molar-refractivity contribution in [2.24, 2.45) is 0 Å².